The molecular formula is C25H35N3O4S. The van der Waals surface area contributed by atoms with Gasteiger partial charge in [-0.1, -0.05) is 26.8 Å². The molecule has 0 saturated carbocycles. The van der Waals surface area contributed by atoms with E-state index in [9.17, 15) is 9.59 Å². The fraction of sp³-hybridized carbons (Fsp3) is 0.560. The molecule has 0 aliphatic carbocycles. The van der Waals surface area contributed by atoms with Gasteiger partial charge in [-0.2, -0.15) is 0 Å². The number of benzene rings is 1. The number of aromatic nitrogens is 1. The van der Waals surface area contributed by atoms with Gasteiger partial charge in [0, 0.05) is 37.0 Å². The maximum atomic E-state index is 13.9. The zero-order valence-electron chi connectivity index (χ0n) is 20.7. The molecule has 1 aliphatic rings. The SMILES string of the molecule is COc1cc(C(=O)N2CCNCC2(Cc2cscn2)C(=O)OC(C)(C)C)ccc1C(C)(C)C. The summed E-state index contributed by atoms with van der Waals surface area (Å²) in [6.07, 6.45) is 0.279. The third-order valence-corrected chi connectivity index (χ3v) is 6.32. The van der Waals surface area contributed by atoms with Crippen LogP contribution in [0.1, 0.15) is 63.2 Å². The monoisotopic (exact) mass is 473 g/mol. The second-order valence-corrected chi connectivity index (χ2v) is 11.2. The molecule has 1 unspecified atom stereocenters. The van der Waals surface area contributed by atoms with Crippen molar-refractivity contribution in [3.8, 4) is 5.75 Å². The van der Waals surface area contributed by atoms with Crippen molar-refractivity contribution >= 4 is 23.2 Å². The third-order valence-electron chi connectivity index (χ3n) is 5.68. The quantitative estimate of drug-likeness (QED) is 0.665. The Kier molecular flexibility index (Phi) is 7.19. The highest BCUT2D eigenvalue weighted by Gasteiger charge is 2.51. The summed E-state index contributed by atoms with van der Waals surface area (Å²) in [6, 6.07) is 5.52. The van der Waals surface area contributed by atoms with Crippen LogP contribution in [0.2, 0.25) is 0 Å². The van der Waals surface area contributed by atoms with E-state index in [1.54, 1.807) is 23.6 Å². The molecular weight excluding hydrogens is 438 g/mol. The Hall–Kier alpha value is -2.45. The fourth-order valence-corrected chi connectivity index (χ4v) is 4.66. The number of carbonyl (C=O) groups is 2. The average Bonchev–Trinajstić information content (AvgIpc) is 3.24. The van der Waals surface area contributed by atoms with Gasteiger partial charge in [0.05, 0.1) is 18.3 Å². The molecule has 1 atom stereocenters. The maximum Gasteiger partial charge on any atom is 0.334 e. The van der Waals surface area contributed by atoms with Gasteiger partial charge in [-0.25, -0.2) is 9.78 Å². The third kappa shape index (κ3) is 5.55. The number of amides is 1. The minimum absolute atomic E-state index is 0.132. The van der Waals surface area contributed by atoms with Crippen molar-refractivity contribution in [2.45, 2.75) is 64.5 Å². The van der Waals surface area contributed by atoms with Gasteiger partial charge in [0.2, 0.25) is 0 Å². The summed E-state index contributed by atoms with van der Waals surface area (Å²) >= 11 is 1.46. The molecule has 1 aromatic heterocycles. The summed E-state index contributed by atoms with van der Waals surface area (Å²) < 4.78 is 11.4. The van der Waals surface area contributed by atoms with E-state index < -0.39 is 17.1 Å². The lowest BCUT2D eigenvalue weighted by Gasteiger charge is -2.46. The number of nitrogens with one attached hydrogen (secondary N) is 1. The van der Waals surface area contributed by atoms with Crippen LogP contribution in [0.5, 0.6) is 5.75 Å². The van der Waals surface area contributed by atoms with Crippen LogP contribution in [0, 0.1) is 0 Å². The predicted octanol–water partition coefficient (Wildman–Crippen LogP) is 3.82. The van der Waals surface area contributed by atoms with Crippen molar-refractivity contribution in [1.29, 1.82) is 0 Å². The van der Waals surface area contributed by atoms with Gasteiger partial charge < -0.3 is 19.7 Å². The van der Waals surface area contributed by atoms with Gasteiger partial charge in [0.25, 0.3) is 5.91 Å². The second kappa shape index (κ2) is 9.43. The minimum Gasteiger partial charge on any atom is -0.496 e. The number of esters is 1. The molecule has 8 heteroatoms. The van der Waals surface area contributed by atoms with E-state index in [1.807, 2.05) is 38.3 Å². The first kappa shape index (κ1) is 25.2. The topological polar surface area (TPSA) is 80.8 Å². The summed E-state index contributed by atoms with van der Waals surface area (Å²) in [7, 11) is 1.61. The van der Waals surface area contributed by atoms with Crippen molar-refractivity contribution in [2.75, 3.05) is 26.7 Å². The zero-order chi connectivity index (χ0) is 24.4. The van der Waals surface area contributed by atoms with Crippen LogP contribution in [0.25, 0.3) is 0 Å². The molecule has 0 radical (unpaired) electrons. The number of nitrogens with zero attached hydrogens (tertiary/aromatic N) is 2. The van der Waals surface area contributed by atoms with Gasteiger partial charge >= 0.3 is 5.97 Å². The van der Waals surface area contributed by atoms with Gasteiger partial charge in [-0.05, 0) is 43.9 Å². The van der Waals surface area contributed by atoms with Crippen molar-refractivity contribution in [1.82, 2.24) is 15.2 Å². The summed E-state index contributed by atoms with van der Waals surface area (Å²) in [6.45, 7) is 13.1. The van der Waals surface area contributed by atoms with E-state index in [1.165, 1.54) is 11.3 Å². The lowest BCUT2D eigenvalue weighted by Crippen LogP contribution is -2.69. The lowest BCUT2D eigenvalue weighted by atomic mass is 9.85. The lowest BCUT2D eigenvalue weighted by molar-refractivity contribution is -0.169. The van der Waals surface area contributed by atoms with Gasteiger partial charge in [0.1, 0.15) is 11.4 Å². The van der Waals surface area contributed by atoms with E-state index in [4.69, 9.17) is 9.47 Å². The largest absolute Gasteiger partial charge is 0.496 e. The van der Waals surface area contributed by atoms with E-state index >= 15 is 0 Å². The summed E-state index contributed by atoms with van der Waals surface area (Å²) in [5, 5.41) is 5.21. The number of hydrogen-bond donors (Lipinski definition) is 1. The molecule has 33 heavy (non-hydrogen) atoms. The van der Waals surface area contributed by atoms with Crippen LogP contribution >= 0.6 is 11.3 Å². The van der Waals surface area contributed by atoms with Crippen molar-refractivity contribution in [2.24, 2.45) is 0 Å². The van der Waals surface area contributed by atoms with Crippen molar-refractivity contribution in [3.63, 3.8) is 0 Å². The minimum atomic E-state index is -1.20. The van der Waals surface area contributed by atoms with Crippen molar-refractivity contribution in [3.05, 3.63) is 45.9 Å². The molecule has 1 aromatic carbocycles. The molecule has 1 saturated heterocycles. The van der Waals surface area contributed by atoms with Crippen LogP contribution in [-0.4, -0.2) is 59.6 Å². The number of rotatable bonds is 5. The van der Waals surface area contributed by atoms with Gasteiger partial charge in [0.15, 0.2) is 5.54 Å². The number of ether oxygens (including phenoxy) is 2. The standard InChI is InChI=1S/C25H35N3O4S/c1-23(2,3)19-9-8-17(12-20(19)31-7)21(29)28-11-10-26-15-25(28,13-18-14-33-16-27-18)22(30)32-24(4,5)6/h8-9,12,14,16,26H,10-11,13,15H2,1-7H3. The van der Waals surface area contributed by atoms with E-state index in [2.05, 4.69) is 31.1 Å². The first-order valence-electron chi connectivity index (χ1n) is 11.2. The number of piperazine rings is 1. The van der Waals surface area contributed by atoms with Gasteiger partial charge in [-0.3, -0.25) is 4.79 Å². The van der Waals surface area contributed by atoms with Crippen LogP contribution in [-0.2, 0) is 21.4 Å². The molecule has 1 N–H and O–H groups in total. The first-order chi connectivity index (χ1) is 15.4. The molecule has 1 aliphatic heterocycles. The Morgan fingerprint density at radius 1 is 1.21 bits per heavy atom. The highest BCUT2D eigenvalue weighted by Crippen LogP contribution is 2.34. The maximum absolute atomic E-state index is 13.9. The predicted molar refractivity (Wildman–Crippen MR) is 130 cm³/mol. The van der Waals surface area contributed by atoms with E-state index in [-0.39, 0.29) is 17.7 Å². The summed E-state index contributed by atoms with van der Waals surface area (Å²) in [5.41, 5.74) is 1.97. The molecule has 0 bridgehead atoms. The Morgan fingerprint density at radius 3 is 2.52 bits per heavy atom. The molecule has 2 aromatic rings. The number of carbonyl (C=O) groups excluding carboxylic acids is 2. The Balaban J connectivity index is 2.05. The van der Waals surface area contributed by atoms with Crippen LogP contribution in [0.3, 0.4) is 0 Å². The number of methoxy groups -OCH3 is 1. The number of hydrogen-bond acceptors (Lipinski definition) is 7. The Labute approximate surface area is 200 Å². The first-order valence-corrected chi connectivity index (χ1v) is 12.1. The average molecular weight is 474 g/mol. The Bertz CT molecular complexity index is 992. The number of thiazole rings is 1. The van der Waals surface area contributed by atoms with Crippen LogP contribution in [0.15, 0.2) is 29.1 Å². The molecule has 180 valence electrons. The molecule has 3 rings (SSSR count). The second-order valence-electron chi connectivity index (χ2n) is 10.5. The molecule has 1 fully saturated rings. The highest BCUT2D eigenvalue weighted by atomic mass is 32.1. The molecule has 0 spiro atoms. The van der Waals surface area contributed by atoms with E-state index in [0.717, 1.165) is 11.3 Å². The normalized spacial score (nSPS) is 19.3. The van der Waals surface area contributed by atoms with Crippen molar-refractivity contribution < 1.29 is 19.1 Å². The summed E-state index contributed by atoms with van der Waals surface area (Å²) in [4.78, 5) is 33.5. The van der Waals surface area contributed by atoms with Gasteiger partial charge in [-0.15, -0.1) is 11.3 Å². The van der Waals surface area contributed by atoms with Crippen LogP contribution < -0.4 is 10.1 Å². The fourth-order valence-electron chi connectivity index (χ4n) is 4.10. The van der Waals surface area contributed by atoms with E-state index in [0.29, 0.717) is 30.9 Å². The molecule has 2 heterocycles. The zero-order valence-corrected chi connectivity index (χ0v) is 21.5. The smallest absolute Gasteiger partial charge is 0.334 e. The molecule has 7 nitrogen and oxygen atoms in total. The highest BCUT2D eigenvalue weighted by molar-refractivity contribution is 7.07. The summed E-state index contributed by atoms with van der Waals surface area (Å²) in [5.74, 6) is 0.00373. The van der Waals surface area contributed by atoms with Crippen LogP contribution in [0.4, 0.5) is 0 Å². The Morgan fingerprint density at radius 2 is 1.94 bits per heavy atom. The molecule has 1 amide bonds.